The summed E-state index contributed by atoms with van der Waals surface area (Å²) in [5.74, 6) is 0. The van der Waals surface area contributed by atoms with E-state index in [0.29, 0.717) is 6.04 Å². The maximum absolute atomic E-state index is 6.11. The molecule has 0 radical (unpaired) electrons. The Labute approximate surface area is 309 Å². The Bertz CT molecular complexity index is 2290. The Kier molecular flexibility index (Phi) is 7.31. The third kappa shape index (κ3) is 5.03. The van der Waals surface area contributed by atoms with Crippen LogP contribution in [0.15, 0.2) is 109 Å². The van der Waals surface area contributed by atoms with Gasteiger partial charge in [0.15, 0.2) is 6.29 Å². The highest BCUT2D eigenvalue weighted by Crippen LogP contribution is 2.57. The fraction of sp³-hybridized carbons (Fsp3) is 0.304. The standard InChI is InChI=1S/C46H43NO2S2/c1-45(2)26-48-44(49-27-45)41-24-23-40(51-41)39-22-21-38(50-39)32-19-20-34-42-33(32)14-10-16-37(42)47(29-11-6-5-7-12-29)43(34)28-17-18-31-30-13-8-9-15-35(30)46(3,4)36(31)25-28/h5-9,11-13,15,17-25,37,43-44H,10,14,16,26-27H2,1-4H3. The summed E-state index contributed by atoms with van der Waals surface area (Å²) in [5.41, 5.74) is 14.4. The van der Waals surface area contributed by atoms with Crippen LogP contribution in [-0.4, -0.2) is 13.2 Å². The molecule has 0 N–H and O–H groups in total. The summed E-state index contributed by atoms with van der Waals surface area (Å²) >= 11 is 3.71. The van der Waals surface area contributed by atoms with Gasteiger partial charge in [0.25, 0.3) is 0 Å². The van der Waals surface area contributed by atoms with Gasteiger partial charge in [0.2, 0.25) is 0 Å². The number of anilines is 1. The van der Waals surface area contributed by atoms with E-state index in [4.69, 9.17) is 9.47 Å². The second-order valence-corrected chi connectivity index (χ2v) is 18.3. The van der Waals surface area contributed by atoms with Crippen LogP contribution in [-0.2, 0) is 21.3 Å². The second-order valence-electron chi connectivity index (χ2n) is 16.1. The summed E-state index contributed by atoms with van der Waals surface area (Å²) in [6.45, 7) is 10.6. The van der Waals surface area contributed by atoms with Gasteiger partial charge in [0.1, 0.15) is 0 Å². The number of para-hydroxylation sites is 1. The first kappa shape index (κ1) is 31.7. The van der Waals surface area contributed by atoms with E-state index in [0.717, 1.165) is 24.5 Å². The van der Waals surface area contributed by atoms with Crippen molar-refractivity contribution < 1.29 is 9.47 Å². The van der Waals surface area contributed by atoms with Gasteiger partial charge in [-0.05, 0) is 106 Å². The largest absolute Gasteiger partial charge is 0.353 e. The van der Waals surface area contributed by atoms with Crippen molar-refractivity contribution in [1.82, 2.24) is 0 Å². The van der Waals surface area contributed by atoms with Crippen LogP contribution in [0.5, 0.6) is 0 Å². The van der Waals surface area contributed by atoms with E-state index in [1.165, 1.54) is 72.1 Å². The van der Waals surface area contributed by atoms with Crippen molar-refractivity contribution in [1.29, 1.82) is 0 Å². The fourth-order valence-corrected chi connectivity index (χ4v) is 11.4. The molecule has 4 aromatic carbocycles. The molecule has 4 heterocycles. The lowest BCUT2D eigenvalue weighted by molar-refractivity contribution is -0.224. The SMILES string of the molecule is CC1(C)COC(c2ccc(-c3ccc(-c4ccc5c6c4CCCC6N(c4ccccc4)C5c4ccc5c(c4)C(C)(C)c4ccccc4-5)s3)s2)OC1. The molecule has 2 aromatic heterocycles. The van der Waals surface area contributed by atoms with Gasteiger partial charge in [0.05, 0.1) is 30.2 Å². The molecular formula is C46H43NO2S2. The lowest BCUT2D eigenvalue weighted by Crippen LogP contribution is -2.33. The number of fused-ring (bicyclic) bond motifs is 3. The molecule has 2 atom stereocenters. The molecule has 5 heteroatoms. The molecule has 2 aliphatic heterocycles. The van der Waals surface area contributed by atoms with E-state index in [2.05, 4.69) is 142 Å². The van der Waals surface area contributed by atoms with E-state index in [1.807, 2.05) is 11.3 Å². The lowest BCUT2D eigenvalue weighted by atomic mass is 9.80. The van der Waals surface area contributed by atoms with E-state index < -0.39 is 0 Å². The third-order valence-corrected chi connectivity index (χ3v) is 14.2. The molecule has 0 saturated carbocycles. The van der Waals surface area contributed by atoms with Gasteiger partial charge in [-0.1, -0.05) is 100 Å². The van der Waals surface area contributed by atoms with Crippen molar-refractivity contribution in [3.8, 4) is 31.3 Å². The molecule has 10 rings (SSSR count). The number of benzene rings is 4. The summed E-state index contributed by atoms with van der Waals surface area (Å²) < 4.78 is 12.2. The average molecular weight is 706 g/mol. The zero-order valence-electron chi connectivity index (χ0n) is 29.7. The molecule has 51 heavy (non-hydrogen) atoms. The maximum atomic E-state index is 6.11. The van der Waals surface area contributed by atoms with Gasteiger partial charge in [-0.2, -0.15) is 0 Å². The molecule has 256 valence electrons. The summed E-state index contributed by atoms with van der Waals surface area (Å²) in [5, 5.41) is 0. The minimum atomic E-state index is -0.262. The highest BCUT2D eigenvalue weighted by Gasteiger charge is 2.44. The zero-order chi connectivity index (χ0) is 34.5. The predicted octanol–water partition coefficient (Wildman–Crippen LogP) is 12.5. The maximum Gasteiger partial charge on any atom is 0.193 e. The van der Waals surface area contributed by atoms with E-state index in [1.54, 1.807) is 22.5 Å². The van der Waals surface area contributed by atoms with Crippen molar-refractivity contribution in [3.63, 3.8) is 0 Å². The van der Waals surface area contributed by atoms with Crippen molar-refractivity contribution >= 4 is 28.4 Å². The Balaban J connectivity index is 1.04. The number of thiophene rings is 2. The van der Waals surface area contributed by atoms with E-state index >= 15 is 0 Å². The number of rotatable bonds is 5. The highest BCUT2D eigenvalue weighted by molar-refractivity contribution is 7.23. The average Bonchev–Trinajstić information content (AvgIpc) is 3.94. The smallest absolute Gasteiger partial charge is 0.193 e. The van der Waals surface area contributed by atoms with Gasteiger partial charge in [0, 0.05) is 31.1 Å². The van der Waals surface area contributed by atoms with Crippen molar-refractivity contribution in [2.45, 2.75) is 70.7 Å². The molecule has 6 aromatic rings. The molecule has 0 spiro atoms. The summed E-state index contributed by atoms with van der Waals surface area (Å²) in [7, 11) is 0. The first-order valence-electron chi connectivity index (χ1n) is 18.4. The Morgan fingerprint density at radius 2 is 1.37 bits per heavy atom. The van der Waals surface area contributed by atoms with Gasteiger partial charge in [-0.25, -0.2) is 0 Å². The minimum Gasteiger partial charge on any atom is -0.353 e. The van der Waals surface area contributed by atoms with Crippen LogP contribution in [0.2, 0.25) is 0 Å². The zero-order valence-corrected chi connectivity index (χ0v) is 31.4. The lowest BCUT2D eigenvalue weighted by Gasteiger charge is -2.35. The topological polar surface area (TPSA) is 21.7 Å². The highest BCUT2D eigenvalue weighted by atomic mass is 32.1. The van der Waals surface area contributed by atoms with Crippen LogP contribution in [0.1, 0.15) is 97.2 Å². The number of hydrogen-bond acceptors (Lipinski definition) is 5. The number of nitrogens with zero attached hydrogens (tertiary/aromatic N) is 1. The molecule has 2 unspecified atom stereocenters. The molecule has 0 amide bonds. The Morgan fingerprint density at radius 1 is 0.667 bits per heavy atom. The fourth-order valence-electron chi connectivity index (χ4n) is 9.28. The molecule has 2 aliphatic carbocycles. The van der Waals surface area contributed by atoms with Gasteiger partial charge in [-0.15, -0.1) is 22.7 Å². The van der Waals surface area contributed by atoms with Crippen LogP contribution < -0.4 is 4.90 Å². The van der Waals surface area contributed by atoms with Crippen LogP contribution in [0.3, 0.4) is 0 Å². The molecule has 1 fully saturated rings. The second kappa shape index (κ2) is 11.8. The van der Waals surface area contributed by atoms with Gasteiger partial charge in [-0.3, -0.25) is 0 Å². The van der Waals surface area contributed by atoms with Crippen LogP contribution in [0.25, 0.3) is 31.3 Å². The Hall–Kier alpha value is -4.00. The van der Waals surface area contributed by atoms with Crippen LogP contribution in [0.4, 0.5) is 5.69 Å². The van der Waals surface area contributed by atoms with E-state index in [-0.39, 0.29) is 23.2 Å². The predicted molar refractivity (Wildman–Crippen MR) is 212 cm³/mol. The van der Waals surface area contributed by atoms with Crippen molar-refractivity contribution in [2.24, 2.45) is 5.41 Å². The van der Waals surface area contributed by atoms with Crippen molar-refractivity contribution in [3.05, 3.63) is 147 Å². The van der Waals surface area contributed by atoms with Crippen LogP contribution >= 0.6 is 22.7 Å². The first-order chi connectivity index (χ1) is 24.8. The van der Waals surface area contributed by atoms with Crippen LogP contribution in [0, 0.1) is 5.41 Å². The monoisotopic (exact) mass is 705 g/mol. The molecule has 3 nitrogen and oxygen atoms in total. The summed E-state index contributed by atoms with van der Waals surface area (Å²) in [6, 6.07) is 42.0. The van der Waals surface area contributed by atoms with Gasteiger partial charge < -0.3 is 14.4 Å². The van der Waals surface area contributed by atoms with Crippen molar-refractivity contribution in [2.75, 3.05) is 18.1 Å². The number of ether oxygens (including phenoxy) is 2. The molecular weight excluding hydrogens is 663 g/mol. The third-order valence-electron chi connectivity index (χ3n) is 11.7. The van der Waals surface area contributed by atoms with E-state index in [9.17, 15) is 0 Å². The molecule has 4 aliphatic rings. The Morgan fingerprint density at radius 3 is 2.22 bits per heavy atom. The van der Waals surface area contributed by atoms with Gasteiger partial charge >= 0.3 is 0 Å². The summed E-state index contributed by atoms with van der Waals surface area (Å²) in [4.78, 5) is 7.84. The minimum absolute atomic E-state index is 0.0309. The number of hydrogen-bond donors (Lipinski definition) is 0. The molecule has 0 bridgehead atoms. The molecule has 1 saturated heterocycles. The first-order valence-corrected chi connectivity index (χ1v) is 20.1. The summed E-state index contributed by atoms with van der Waals surface area (Å²) in [6.07, 6.45) is 3.23. The normalized spacial score (nSPS) is 21.4. The quantitative estimate of drug-likeness (QED) is 0.178.